The van der Waals surface area contributed by atoms with Crippen LogP contribution in [-0.4, -0.2) is 48.9 Å². The standard InChI is InChI=1S/C33H40O7/c1-32(2,3)40-33(4)38-30-29(36-22-26-18-12-7-13-19-26)28(35-21-25-16-10-6-11-17-25)27(37-31(30)39-33)23-34-20-24-14-8-5-9-15-24/h5-19,27-31H,20-23H2,1-4H3/t27-,28-,29+,30-,31-,33?/m1/s1. The Bertz CT molecular complexity index is 1170. The van der Waals surface area contributed by atoms with Crippen LogP contribution in [0.1, 0.15) is 44.4 Å². The predicted molar refractivity (Wildman–Crippen MR) is 150 cm³/mol. The van der Waals surface area contributed by atoms with Gasteiger partial charge in [0.15, 0.2) is 6.29 Å². The Morgan fingerprint density at radius 1 is 0.675 bits per heavy atom. The van der Waals surface area contributed by atoms with Gasteiger partial charge in [-0.05, 0) is 37.5 Å². The van der Waals surface area contributed by atoms with Gasteiger partial charge < -0.3 is 28.4 Å². The molecule has 0 bridgehead atoms. The van der Waals surface area contributed by atoms with E-state index in [0.717, 1.165) is 16.7 Å². The van der Waals surface area contributed by atoms with Crippen molar-refractivity contribution < 1.29 is 33.2 Å². The van der Waals surface area contributed by atoms with Crippen LogP contribution in [0.4, 0.5) is 0 Å². The normalized spacial score (nSPS) is 28.4. The monoisotopic (exact) mass is 548 g/mol. The molecule has 7 heteroatoms. The molecule has 2 saturated heterocycles. The molecule has 214 valence electrons. The van der Waals surface area contributed by atoms with Gasteiger partial charge in [-0.1, -0.05) is 91.0 Å². The molecule has 40 heavy (non-hydrogen) atoms. The number of benzene rings is 3. The quantitative estimate of drug-likeness (QED) is 0.291. The first-order chi connectivity index (χ1) is 19.3. The van der Waals surface area contributed by atoms with Crippen LogP contribution in [0.3, 0.4) is 0 Å². The summed E-state index contributed by atoms with van der Waals surface area (Å²) in [5.74, 6) is -1.30. The molecule has 3 aromatic rings. The summed E-state index contributed by atoms with van der Waals surface area (Å²) < 4.78 is 44.6. The number of rotatable bonds is 11. The fraction of sp³-hybridized carbons (Fsp3) is 0.455. The Morgan fingerprint density at radius 3 is 1.70 bits per heavy atom. The van der Waals surface area contributed by atoms with E-state index in [9.17, 15) is 0 Å². The lowest BCUT2D eigenvalue weighted by atomic mass is 9.98. The summed E-state index contributed by atoms with van der Waals surface area (Å²) in [4.78, 5) is 0. The molecule has 0 amide bonds. The molecule has 0 spiro atoms. The Hall–Kier alpha value is -2.62. The second-order valence-electron chi connectivity index (χ2n) is 11.3. The molecule has 2 aliphatic rings. The molecule has 0 radical (unpaired) electrons. The average molecular weight is 549 g/mol. The topological polar surface area (TPSA) is 64.6 Å². The van der Waals surface area contributed by atoms with E-state index >= 15 is 0 Å². The largest absolute Gasteiger partial charge is 0.374 e. The van der Waals surface area contributed by atoms with Gasteiger partial charge in [-0.15, -0.1) is 0 Å². The summed E-state index contributed by atoms with van der Waals surface area (Å²) in [6, 6.07) is 30.2. The first-order valence-electron chi connectivity index (χ1n) is 13.9. The molecule has 5 rings (SSSR count). The van der Waals surface area contributed by atoms with Crippen molar-refractivity contribution in [2.24, 2.45) is 0 Å². The minimum absolute atomic E-state index is 0.295. The Kier molecular flexibility index (Phi) is 9.33. The minimum atomic E-state index is -1.30. The Morgan fingerprint density at radius 2 is 1.18 bits per heavy atom. The smallest absolute Gasteiger partial charge is 0.283 e. The molecule has 2 heterocycles. The average Bonchev–Trinajstić information content (AvgIpc) is 3.26. The molecule has 0 aliphatic carbocycles. The van der Waals surface area contributed by atoms with Gasteiger partial charge in [0.2, 0.25) is 0 Å². The minimum Gasteiger partial charge on any atom is -0.374 e. The summed E-state index contributed by atoms with van der Waals surface area (Å²) in [6.45, 7) is 9.19. The highest BCUT2D eigenvalue weighted by Gasteiger charge is 2.58. The number of hydrogen-bond acceptors (Lipinski definition) is 7. The van der Waals surface area contributed by atoms with Gasteiger partial charge in [-0.2, -0.15) is 0 Å². The van der Waals surface area contributed by atoms with Crippen molar-refractivity contribution in [1.29, 1.82) is 0 Å². The van der Waals surface area contributed by atoms with Gasteiger partial charge in [0.05, 0.1) is 32.0 Å². The maximum absolute atomic E-state index is 6.58. The van der Waals surface area contributed by atoms with E-state index in [2.05, 4.69) is 0 Å². The molecular weight excluding hydrogens is 508 g/mol. The summed E-state index contributed by atoms with van der Waals surface area (Å²) in [5, 5.41) is 0. The van der Waals surface area contributed by atoms with Crippen LogP contribution in [0.25, 0.3) is 0 Å². The third kappa shape index (κ3) is 7.77. The number of ether oxygens (including phenoxy) is 7. The third-order valence-electron chi connectivity index (χ3n) is 6.73. The molecule has 2 fully saturated rings. The highest BCUT2D eigenvalue weighted by Crippen LogP contribution is 2.41. The molecule has 0 saturated carbocycles. The maximum atomic E-state index is 6.58. The number of hydrogen-bond donors (Lipinski definition) is 0. The summed E-state index contributed by atoms with van der Waals surface area (Å²) in [6.07, 6.45) is -2.73. The van der Waals surface area contributed by atoms with Gasteiger partial charge in [-0.3, -0.25) is 4.74 Å². The van der Waals surface area contributed by atoms with E-state index in [1.807, 2.05) is 112 Å². The zero-order valence-electron chi connectivity index (χ0n) is 23.7. The molecular formula is C33H40O7. The van der Waals surface area contributed by atoms with E-state index in [0.29, 0.717) is 26.4 Å². The van der Waals surface area contributed by atoms with E-state index < -0.39 is 42.3 Å². The summed E-state index contributed by atoms with van der Waals surface area (Å²) in [5.41, 5.74) is 2.70. The van der Waals surface area contributed by atoms with Crippen molar-refractivity contribution in [2.75, 3.05) is 6.61 Å². The van der Waals surface area contributed by atoms with Gasteiger partial charge in [0.1, 0.15) is 24.4 Å². The zero-order valence-corrected chi connectivity index (χ0v) is 23.7. The van der Waals surface area contributed by atoms with Crippen LogP contribution in [0.2, 0.25) is 0 Å². The molecule has 0 N–H and O–H groups in total. The molecule has 2 aliphatic heterocycles. The van der Waals surface area contributed by atoms with Gasteiger partial charge in [0, 0.05) is 6.92 Å². The van der Waals surface area contributed by atoms with E-state index in [-0.39, 0.29) is 0 Å². The van der Waals surface area contributed by atoms with Crippen molar-refractivity contribution in [3.05, 3.63) is 108 Å². The van der Waals surface area contributed by atoms with Crippen LogP contribution in [0.15, 0.2) is 91.0 Å². The summed E-state index contributed by atoms with van der Waals surface area (Å²) in [7, 11) is 0. The van der Waals surface area contributed by atoms with Crippen molar-refractivity contribution >= 4 is 0 Å². The van der Waals surface area contributed by atoms with Crippen LogP contribution in [0.5, 0.6) is 0 Å². The lowest BCUT2D eigenvalue weighted by molar-refractivity contribution is -0.371. The van der Waals surface area contributed by atoms with Crippen molar-refractivity contribution in [3.63, 3.8) is 0 Å². The fourth-order valence-corrected chi connectivity index (χ4v) is 5.11. The first kappa shape index (κ1) is 28.9. The third-order valence-corrected chi connectivity index (χ3v) is 6.73. The molecule has 1 unspecified atom stereocenters. The zero-order chi connectivity index (χ0) is 28.0. The van der Waals surface area contributed by atoms with Gasteiger partial charge >= 0.3 is 0 Å². The lowest BCUT2D eigenvalue weighted by Crippen LogP contribution is -2.59. The predicted octanol–water partition coefficient (Wildman–Crippen LogP) is 6.00. The van der Waals surface area contributed by atoms with Crippen molar-refractivity contribution in [1.82, 2.24) is 0 Å². The Labute approximate surface area is 237 Å². The Balaban J connectivity index is 1.39. The second kappa shape index (κ2) is 12.9. The van der Waals surface area contributed by atoms with Crippen LogP contribution in [0, 0.1) is 0 Å². The highest BCUT2D eigenvalue weighted by molar-refractivity contribution is 5.15. The summed E-state index contributed by atoms with van der Waals surface area (Å²) >= 11 is 0. The molecule has 6 atom stereocenters. The maximum Gasteiger partial charge on any atom is 0.283 e. The lowest BCUT2D eigenvalue weighted by Gasteiger charge is -2.42. The molecule has 3 aromatic carbocycles. The molecule has 0 aromatic heterocycles. The first-order valence-corrected chi connectivity index (χ1v) is 13.9. The van der Waals surface area contributed by atoms with Crippen molar-refractivity contribution in [2.45, 2.75) is 89.8 Å². The second-order valence-corrected chi connectivity index (χ2v) is 11.3. The van der Waals surface area contributed by atoms with Gasteiger partial charge in [-0.25, -0.2) is 0 Å². The van der Waals surface area contributed by atoms with Crippen molar-refractivity contribution in [3.8, 4) is 0 Å². The number of fused-ring (bicyclic) bond motifs is 1. The highest BCUT2D eigenvalue weighted by atomic mass is 16.9. The SMILES string of the molecule is CC(C)(C)OC1(C)O[C@H]2O[C@H](COCc3ccccc3)[C@@H](OCc3ccccc3)[C@H](OCc3ccccc3)[C@H]2O1. The van der Waals surface area contributed by atoms with E-state index in [1.54, 1.807) is 6.92 Å². The van der Waals surface area contributed by atoms with Crippen LogP contribution < -0.4 is 0 Å². The fourth-order valence-electron chi connectivity index (χ4n) is 5.11. The van der Waals surface area contributed by atoms with E-state index in [4.69, 9.17) is 33.2 Å². The molecule has 7 nitrogen and oxygen atoms in total. The van der Waals surface area contributed by atoms with Gasteiger partial charge in [0.25, 0.3) is 5.97 Å². The van der Waals surface area contributed by atoms with Crippen LogP contribution >= 0.6 is 0 Å². The van der Waals surface area contributed by atoms with Crippen LogP contribution in [-0.2, 0) is 53.0 Å². The van der Waals surface area contributed by atoms with E-state index in [1.165, 1.54) is 0 Å².